The average Bonchev–Trinajstić information content (AvgIpc) is 2.92. The molecule has 0 radical (unpaired) electrons. The molecule has 9 heteroatoms. The van der Waals surface area contributed by atoms with E-state index in [9.17, 15) is 40.2 Å². The van der Waals surface area contributed by atoms with Gasteiger partial charge in [-0.05, 0) is 23.3 Å². The predicted molar refractivity (Wildman–Crippen MR) is 126 cm³/mol. The first-order valence-electron chi connectivity index (χ1n) is 11.2. The van der Waals surface area contributed by atoms with Crippen LogP contribution in [0.3, 0.4) is 0 Å². The second-order valence-corrected chi connectivity index (χ2v) is 8.65. The van der Waals surface area contributed by atoms with Crippen molar-refractivity contribution < 1.29 is 45.0 Å². The number of aliphatic hydroxyl groups is 5. The van der Waals surface area contributed by atoms with Crippen LogP contribution in [0.2, 0.25) is 0 Å². The number of carbonyl (C=O) groups is 2. The van der Waals surface area contributed by atoms with Crippen molar-refractivity contribution in [1.29, 1.82) is 0 Å². The van der Waals surface area contributed by atoms with E-state index in [1.165, 1.54) is 54.6 Å². The molecule has 0 aliphatic carbocycles. The van der Waals surface area contributed by atoms with Crippen LogP contribution in [0.1, 0.15) is 37.9 Å². The summed E-state index contributed by atoms with van der Waals surface area (Å²) >= 11 is 0. The van der Waals surface area contributed by atoms with Crippen molar-refractivity contribution in [3.63, 3.8) is 0 Å². The second-order valence-electron chi connectivity index (χ2n) is 8.65. The van der Waals surface area contributed by atoms with Crippen LogP contribution >= 0.6 is 0 Å². The van der Waals surface area contributed by atoms with Crippen LogP contribution in [0.25, 0.3) is 0 Å². The number of rotatable bonds is 7. The predicted octanol–water partition coefficient (Wildman–Crippen LogP) is 0.904. The van der Waals surface area contributed by atoms with Gasteiger partial charge in [-0.2, -0.15) is 0 Å². The highest BCUT2D eigenvalue weighted by Gasteiger charge is 2.62. The van der Waals surface area contributed by atoms with E-state index in [1.807, 2.05) is 0 Å². The molecule has 1 saturated heterocycles. The van der Waals surface area contributed by atoms with Gasteiger partial charge in [-0.3, -0.25) is 9.59 Å². The Morgan fingerprint density at radius 3 is 2.08 bits per heavy atom. The van der Waals surface area contributed by atoms with E-state index >= 15 is 0 Å². The molecule has 3 aromatic rings. The number of phenolic OH excluding ortho intramolecular Hbond substituents is 1. The second kappa shape index (κ2) is 10.3. The molecule has 36 heavy (non-hydrogen) atoms. The highest BCUT2D eigenvalue weighted by Crippen LogP contribution is 2.42. The SMILES string of the molecule is O=C(c1ccccc1)C(O)[C@H]1O[C@@H](c2ccc(O)cc2CO)[C@H](O)[C@@H](O)[C@@]1(O)C(=O)c1ccccc1. The lowest BCUT2D eigenvalue weighted by Crippen LogP contribution is -2.71. The highest BCUT2D eigenvalue weighted by atomic mass is 16.6. The maximum atomic E-state index is 13.5. The van der Waals surface area contributed by atoms with E-state index in [-0.39, 0.29) is 28.0 Å². The third-order valence-corrected chi connectivity index (χ3v) is 6.43. The van der Waals surface area contributed by atoms with Crippen molar-refractivity contribution in [3.8, 4) is 5.75 Å². The van der Waals surface area contributed by atoms with Gasteiger partial charge in [0, 0.05) is 11.1 Å². The van der Waals surface area contributed by atoms with E-state index in [0.717, 1.165) is 0 Å². The number of hydrogen-bond acceptors (Lipinski definition) is 9. The number of aliphatic hydroxyl groups excluding tert-OH is 4. The summed E-state index contributed by atoms with van der Waals surface area (Å²) in [5, 5.41) is 64.3. The van der Waals surface area contributed by atoms with E-state index < -0.39 is 54.3 Å². The number of benzene rings is 3. The molecule has 1 aliphatic heterocycles. The summed E-state index contributed by atoms with van der Waals surface area (Å²) in [4.78, 5) is 26.6. The van der Waals surface area contributed by atoms with Crippen molar-refractivity contribution in [3.05, 3.63) is 101 Å². The normalized spacial score (nSPS) is 26.8. The van der Waals surface area contributed by atoms with Crippen LogP contribution < -0.4 is 0 Å². The van der Waals surface area contributed by atoms with Crippen molar-refractivity contribution in [2.24, 2.45) is 0 Å². The molecule has 1 heterocycles. The number of phenols is 1. The number of aromatic hydroxyl groups is 1. The molecule has 9 nitrogen and oxygen atoms in total. The van der Waals surface area contributed by atoms with Crippen molar-refractivity contribution in [1.82, 2.24) is 0 Å². The lowest BCUT2D eigenvalue weighted by molar-refractivity contribution is -0.266. The van der Waals surface area contributed by atoms with Gasteiger partial charge in [0.15, 0.2) is 17.2 Å². The average molecular weight is 494 g/mol. The van der Waals surface area contributed by atoms with Crippen LogP contribution in [0, 0.1) is 0 Å². The van der Waals surface area contributed by atoms with E-state index in [1.54, 1.807) is 24.3 Å². The first kappa shape index (κ1) is 25.6. The molecule has 188 valence electrons. The summed E-state index contributed by atoms with van der Waals surface area (Å²) in [5.41, 5.74) is -2.63. The van der Waals surface area contributed by atoms with Gasteiger partial charge < -0.3 is 35.4 Å². The maximum Gasteiger partial charge on any atom is 0.199 e. The smallest absolute Gasteiger partial charge is 0.199 e. The monoisotopic (exact) mass is 494 g/mol. The topological polar surface area (TPSA) is 165 Å². The van der Waals surface area contributed by atoms with E-state index in [0.29, 0.717) is 0 Å². The van der Waals surface area contributed by atoms with Crippen LogP contribution in [-0.2, 0) is 11.3 Å². The molecule has 0 spiro atoms. The summed E-state index contributed by atoms with van der Waals surface area (Å²) in [6, 6.07) is 18.9. The van der Waals surface area contributed by atoms with Crippen molar-refractivity contribution in [2.75, 3.05) is 0 Å². The third kappa shape index (κ3) is 4.44. The van der Waals surface area contributed by atoms with Gasteiger partial charge in [0.05, 0.1) is 6.61 Å². The summed E-state index contributed by atoms with van der Waals surface area (Å²) < 4.78 is 5.86. The molecule has 1 aliphatic rings. The third-order valence-electron chi connectivity index (χ3n) is 6.43. The molecular formula is C27H26O9. The highest BCUT2D eigenvalue weighted by molar-refractivity contribution is 6.05. The Kier molecular flexibility index (Phi) is 7.32. The van der Waals surface area contributed by atoms with Gasteiger partial charge >= 0.3 is 0 Å². The standard InChI is InChI=1S/C27H26O9/c28-14-17-13-18(29)11-12-19(17)23-22(32)25(34)27(35,24(33)16-9-5-2-6-10-16)26(36-23)21(31)20(30)15-7-3-1-4-8-15/h1-13,21-23,25-26,28-29,31-32,34-35H,14H2/t21?,22-,23-,25+,26+,27-/m0/s1. The van der Waals surface area contributed by atoms with Gasteiger partial charge in [-0.1, -0.05) is 66.7 Å². The fourth-order valence-electron chi connectivity index (χ4n) is 4.51. The molecule has 0 aromatic heterocycles. The minimum Gasteiger partial charge on any atom is -0.508 e. The molecule has 6 N–H and O–H groups in total. The Labute approximate surface area is 206 Å². The largest absolute Gasteiger partial charge is 0.508 e. The van der Waals surface area contributed by atoms with Crippen LogP contribution in [0.4, 0.5) is 0 Å². The van der Waals surface area contributed by atoms with Crippen LogP contribution in [0.15, 0.2) is 78.9 Å². The zero-order valence-corrected chi connectivity index (χ0v) is 19.0. The van der Waals surface area contributed by atoms with Gasteiger partial charge in [0.1, 0.15) is 36.3 Å². The minimum atomic E-state index is -2.92. The molecule has 6 atom stereocenters. The lowest BCUT2D eigenvalue weighted by Gasteiger charge is -2.49. The fourth-order valence-corrected chi connectivity index (χ4v) is 4.51. The summed E-state index contributed by atoms with van der Waals surface area (Å²) in [5.74, 6) is -2.12. The molecular weight excluding hydrogens is 468 g/mol. The summed E-state index contributed by atoms with van der Waals surface area (Å²) in [6.07, 6.45) is -9.72. The fraction of sp³-hybridized carbons (Fsp3) is 0.259. The molecule has 3 aromatic carbocycles. The Hall–Kier alpha value is -3.44. The Morgan fingerprint density at radius 2 is 1.50 bits per heavy atom. The van der Waals surface area contributed by atoms with Crippen molar-refractivity contribution >= 4 is 11.6 Å². The molecule has 1 fully saturated rings. The van der Waals surface area contributed by atoms with E-state index in [2.05, 4.69) is 0 Å². The zero-order chi connectivity index (χ0) is 26.0. The summed E-state index contributed by atoms with van der Waals surface area (Å²) in [6.45, 7) is -0.574. The number of hydrogen-bond donors (Lipinski definition) is 6. The van der Waals surface area contributed by atoms with E-state index in [4.69, 9.17) is 4.74 Å². The van der Waals surface area contributed by atoms with Crippen molar-refractivity contribution in [2.45, 2.75) is 42.7 Å². The van der Waals surface area contributed by atoms with Crippen LogP contribution in [-0.4, -0.2) is 72.2 Å². The molecule has 0 saturated carbocycles. The van der Waals surface area contributed by atoms with Gasteiger partial charge in [-0.15, -0.1) is 0 Å². The lowest BCUT2D eigenvalue weighted by atomic mass is 9.73. The first-order chi connectivity index (χ1) is 17.2. The number of Topliss-reactive ketones (excluding diaryl/α,β-unsaturated/α-hetero) is 2. The minimum absolute atomic E-state index is 0.0432. The van der Waals surface area contributed by atoms with Crippen LogP contribution in [0.5, 0.6) is 5.75 Å². The Balaban J connectivity index is 1.82. The number of ketones is 2. The summed E-state index contributed by atoms with van der Waals surface area (Å²) in [7, 11) is 0. The Morgan fingerprint density at radius 1 is 0.917 bits per heavy atom. The molecule has 0 amide bonds. The van der Waals surface area contributed by atoms with Gasteiger partial charge in [0.25, 0.3) is 0 Å². The quantitative estimate of drug-likeness (QED) is 0.262. The first-order valence-corrected chi connectivity index (χ1v) is 11.2. The number of ether oxygens (including phenoxy) is 1. The zero-order valence-electron chi connectivity index (χ0n) is 19.0. The van der Waals surface area contributed by atoms with Gasteiger partial charge in [0.2, 0.25) is 0 Å². The molecule has 0 bridgehead atoms. The maximum absolute atomic E-state index is 13.5. The number of carbonyl (C=O) groups excluding carboxylic acids is 2. The Bertz CT molecular complexity index is 1230. The molecule has 1 unspecified atom stereocenters. The van der Waals surface area contributed by atoms with Gasteiger partial charge in [-0.25, -0.2) is 0 Å². The molecule has 4 rings (SSSR count).